The second-order valence-corrected chi connectivity index (χ2v) is 5.60. The first kappa shape index (κ1) is 18.5. The lowest BCUT2D eigenvalue weighted by atomic mass is 10.1. The first-order valence-electron chi connectivity index (χ1n) is 8.36. The quantitative estimate of drug-likeness (QED) is 0.748. The van der Waals surface area contributed by atoms with Gasteiger partial charge in [0.05, 0.1) is 5.56 Å². The minimum absolute atomic E-state index is 0.242. The lowest BCUT2D eigenvalue weighted by Gasteiger charge is -2.15. The Labute approximate surface area is 148 Å². The molecule has 0 bridgehead atoms. The van der Waals surface area contributed by atoms with Crippen molar-refractivity contribution in [1.29, 1.82) is 0 Å². The number of benzene rings is 2. The Morgan fingerprint density at radius 2 is 1.72 bits per heavy atom. The Kier molecular flexibility index (Phi) is 7.01. The van der Waals surface area contributed by atoms with Crippen LogP contribution in [0.5, 0.6) is 5.75 Å². The number of hydrogen-bond acceptors (Lipinski definition) is 4. The summed E-state index contributed by atoms with van der Waals surface area (Å²) < 4.78 is 11.0. The number of carbonyl (C=O) groups is 2. The number of ether oxygens (including phenoxy) is 2. The highest BCUT2D eigenvalue weighted by molar-refractivity contribution is 5.93. The normalized spacial score (nSPS) is 11.4. The molecule has 1 N–H and O–H groups in total. The standard InChI is InChI=1S/C20H23NO4/c1-3-13-21-19(22)15(2)25-20(23)18-12-8-7-9-16(18)14-24-17-10-5-4-6-11-17/h4-12,15H,3,13-14H2,1-2H3,(H,21,22)/t15-/m0/s1. The van der Waals surface area contributed by atoms with Gasteiger partial charge in [-0.05, 0) is 31.5 Å². The zero-order valence-corrected chi connectivity index (χ0v) is 14.5. The van der Waals surface area contributed by atoms with Crippen LogP contribution in [0.15, 0.2) is 54.6 Å². The molecule has 1 atom stereocenters. The van der Waals surface area contributed by atoms with Gasteiger partial charge in [-0.1, -0.05) is 43.3 Å². The van der Waals surface area contributed by atoms with Gasteiger partial charge >= 0.3 is 5.97 Å². The molecule has 0 radical (unpaired) electrons. The molecule has 0 heterocycles. The highest BCUT2D eigenvalue weighted by Crippen LogP contribution is 2.16. The number of hydrogen-bond donors (Lipinski definition) is 1. The number of carbonyl (C=O) groups excluding carboxylic acids is 2. The Bertz CT molecular complexity index is 700. The molecular weight excluding hydrogens is 318 g/mol. The van der Waals surface area contributed by atoms with Gasteiger partial charge in [0.15, 0.2) is 6.10 Å². The Morgan fingerprint density at radius 1 is 1.04 bits per heavy atom. The van der Waals surface area contributed by atoms with Gasteiger partial charge in [-0.15, -0.1) is 0 Å². The molecule has 0 unspecified atom stereocenters. The number of rotatable bonds is 8. The lowest BCUT2D eigenvalue weighted by Crippen LogP contribution is -2.36. The summed E-state index contributed by atoms with van der Waals surface area (Å²) in [5.74, 6) is -0.113. The van der Waals surface area contributed by atoms with E-state index in [2.05, 4.69) is 5.32 Å². The van der Waals surface area contributed by atoms with Gasteiger partial charge in [-0.3, -0.25) is 4.79 Å². The van der Waals surface area contributed by atoms with E-state index in [0.29, 0.717) is 17.7 Å². The molecule has 0 fully saturated rings. The van der Waals surface area contributed by atoms with Crippen molar-refractivity contribution in [2.75, 3.05) is 6.54 Å². The molecule has 2 rings (SSSR count). The maximum Gasteiger partial charge on any atom is 0.339 e. The molecule has 132 valence electrons. The second-order valence-electron chi connectivity index (χ2n) is 5.60. The van der Waals surface area contributed by atoms with Gasteiger partial charge in [0.2, 0.25) is 0 Å². The van der Waals surface area contributed by atoms with E-state index in [9.17, 15) is 9.59 Å². The van der Waals surface area contributed by atoms with Gasteiger partial charge in [-0.2, -0.15) is 0 Å². The fraction of sp³-hybridized carbons (Fsp3) is 0.300. The summed E-state index contributed by atoms with van der Waals surface area (Å²) >= 11 is 0. The predicted octanol–water partition coefficient (Wildman–Crippen LogP) is 3.34. The van der Waals surface area contributed by atoms with Crippen LogP contribution in [0, 0.1) is 0 Å². The van der Waals surface area contributed by atoms with Crippen molar-refractivity contribution in [2.24, 2.45) is 0 Å². The zero-order valence-electron chi connectivity index (χ0n) is 14.5. The largest absolute Gasteiger partial charge is 0.489 e. The Morgan fingerprint density at radius 3 is 2.44 bits per heavy atom. The molecule has 0 aliphatic heterocycles. The smallest absolute Gasteiger partial charge is 0.339 e. The topological polar surface area (TPSA) is 64.6 Å². The summed E-state index contributed by atoms with van der Waals surface area (Å²) in [6.45, 7) is 4.32. The van der Waals surface area contributed by atoms with Gasteiger partial charge in [0.25, 0.3) is 5.91 Å². The van der Waals surface area contributed by atoms with E-state index in [4.69, 9.17) is 9.47 Å². The fourth-order valence-corrected chi connectivity index (χ4v) is 2.19. The van der Waals surface area contributed by atoms with E-state index in [1.54, 1.807) is 25.1 Å². The van der Waals surface area contributed by atoms with Crippen molar-refractivity contribution in [3.8, 4) is 5.75 Å². The molecule has 2 aromatic rings. The van der Waals surface area contributed by atoms with Gasteiger partial charge in [-0.25, -0.2) is 4.79 Å². The van der Waals surface area contributed by atoms with E-state index in [0.717, 1.165) is 12.2 Å². The summed E-state index contributed by atoms with van der Waals surface area (Å²) in [5.41, 5.74) is 1.10. The highest BCUT2D eigenvalue weighted by atomic mass is 16.5. The first-order chi connectivity index (χ1) is 12.1. The van der Waals surface area contributed by atoms with Crippen molar-refractivity contribution in [2.45, 2.75) is 33.0 Å². The monoisotopic (exact) mass is 341 g/mol. The lowest BCUT2D eigenvalue weighted by molar-refractivity contribution is -0.129. The van der Waals surface area contributed by atoms with Crippen LogP contribution in [0.4, 0.5) is 0 Å². The molecule has 0 aromatic heterocycles. The van der Waals surface area contributed by atoms with Crippen molar-refractivity contribution in [1.82, 2.24) is 5.32 Å². The Hall–Kier alpha value is -2.82. The van der Waals surface area contributed by atoms with E-state index in [1.807, 2.05) is 43.3 Å². The maximum absolute atomic E-state index is 12.4. The highest BCUT2D eigenvalue weighted by Gasteiger charge is 2.20. The summed E-state index contributed by atoms with van der Waals surface area (Å²) in [6.07, 6.45) is -0.0198. The van der Waals surface area contributed by atoms with E-state index >= 15 is 0 Å². The van der Waals surface area contributed by atoms with Crippen LogP contribution in [-0.4, -0.2) is 24.5 Å². The number of para-hydroxylation sites is 1. The van der Waals surface area contributed by atoms with Crippen molar-refractivity contribution in [3.63, 3.8) is 0 Å². The molecule has 25 heavy (non-hydrogen) atoms. The minimum atomic E-state index is -0.845. The molecule has 5 heteroatoms. The molecule has 0 saturated heterocycles. The van der Waals surface area contributed by atoms with Gasteiger partial charge in [0, 0.05) is 12.1 Å². The third-order valence-corrected chi connectivity index (χ3v) is 3.58. The number of esters is 1. The van der Waals surface area contributed by atoms with Crippen LogP contribution < -0.4 is 10.1 Å². The fourth-order valence-electron chi connectivity index (χ4n) is 2.19. The van der Waals surface area contributed by atoms with E-state index < -0.39 is 12.1 Å². The van der Waals surface area contributed by atoms with Crippen LogP contribution in [0.1, 0.15) is 36.2 Å². The SMILES string of the molecule is CCCNC(=O)[C@H](C)OC(=O)c1ccccc1COc1ccccc1. The average molecular weight is 341 g/mol. The van der Waals surface area contributed by atoms with Crippen molar-refractivity contribution < 1.29 is 19.1 Å². The van der Waals surface area contributed by atoms with Gasteiger partial charge in [0.1, 0.15) is 12.4 Å². The van der Waals surface area contributed by atoms with Crippen LogP contribution in [-0.2, 0) is 16.1 Å². The van der Waals surface area contributed by atoms with Crippen molar-refractivity contribution >= 4 is 11.9 Å². The maximum atomic E-state index is 12.4. The van der Waals surface area contributed by atoms with Crippen LogP contribution in [0.25, 0.3) is 0 Å². The number of amides is 1. The summed E-state index contributed by atoms with van der Waals surface area (Å²) in [5, 5.41) is 2.71. The third kappa shape index (κ3) is 5.64. The molecule has 5 nitrogen and oxygen atoms in total. The Balaban J connectivity index is 2.01. The first-order valence-corrected chi connectivity index (χ1v) is 8.36. The summed E-state index contributed by atoms with van der Waals surface area (Å²) in [6, 6.07) is 16.4. The number of nitrogens with one attached hydrogen (secondary N) is 1. The molecule has 0 aliphatic rings. The van der Waals surface area contributed by atoms with Crippen LogP contribution in [0.3, 0.4) is 0 Å². The molecule has 0 saturated carbocycles. The molecular formula is C20H23NO4. The molecule has 2 aromatic carbocycles. The molecule has 0 aliphatic carbocycles. The van der Waals surface area contributed by atoms with E-state index in [1.165, 1.54) is 0 Å². The third-order valence-electron chi connectivity index (χ3n) is 3.58. The summed E-state index contributed by atoms with van der Waals surface area (Å²) in [4.78, 5) is 24.3. The van der Waals surface area contributed by atoms with E-state index in [-0.39, 0.29) is 12.5 Å². The van der Waals surface area contributed by atoms with Gasteiger partial charge < -0.3 is 14.8 Å². The molecule has 0 spiro atoms. The second kappa shape index (κ2) is 9.47. The average Bonchev–Trinajstić information content (AvgIpc) is 2.65. The summed E-state index contributed by atoms with van der Waals surface area (Å²) in [7, 11) is 0. The molecule has 1 amide bonds. The predicted molar refractivity (Wildman–Crippen MR) is 95.4 cm³/mol. The van der Waals surface area contributed by atoms with Crippen LogP contribution >= 0.6 is 0 Å². The van der Waals surface area contributed by atoms with Crippen LogP contribution in [0.2, 0.25) is 0 Å². The minimum Gasteiger partial charge on any atom is -0.489 e. The van der Waals surface area contributed by atoms with Crippen molar-refractivity contribution in [3.05, 3.63) is 65.7 Å². The zero-order chi connectivity index (χ0) is 18.1.